The first kappa shape index (κ1) is 28.4. The number of phenolic OH excluding ortho intramolecular Hbond substituents is 1. The topological polar surface area (TPSA) is 72.8 Å². The minimum atomic E-state index is -0.532. The van der Waals surface area contributed by atoms with Gasteiger partial charge in [0.05, 0.1) is 5.92 Å². The van der Waals surface area contributed by atoms with Gasteiger partial charge in [0, 0.05) is 17.1 Å². The molecule has 0 amide bonds. The highest BCUT2D eigenvalue weighted by molar-refractivity contribution is 6.43. The zero-order chi connectivity index (χ0) is 31.2. The van der Waals surface area contributed by atoms with E-state index in [1.54, 1.807) is 18.2 Å². The van der Waals surface area contributed by atoms with Gasteiger partial charge in [0.15, 0.2) is 0 Å². The van der Waals surface area contributed by atoms with E-state index in [0.717, 1.165) is 44.5 Å². The maximum absolute atomic E-state index is 12.0. The molecule has 0 saturated carbocycles. The van der Waals surface area contributed by atoms with E-state index in [9.17, 15) is 14.7 Å². The maximum Gasteiger partial charge on any atom is 0.221 e. The molecule has 0 aromatic heterocycles. The first-order valence-electron chi connectivity index (χ1n) is 15.1. The molecule has 0 radical (unpaired) electrons. The first-order valence-corrected chi connectivity index (χ1v) is 15.1. The van der Waals surface area contributed by atoms with E-state index < -0.39 is 22.9 Å². The quantitative estimate of drug-likeness (QED) is 0.238. The van der Waals surface area contributed by atoms with Crippen molar-refractivity contribution in [3.05, 3.63) is 162 Å². The summed E-state index contributed by atoms with van der Waals surface area (Å²) in [5.41, 5.74) is 3.23. The number of allylic oxidation sites excluding steroid dienone is 6. The molecule has 222 valence electrons. The Morgan fingerprint density at radius 2 is 1.31 bits per heavy atom. The van der Waals surface area contributed by atoms with Crippen molar-refractivity contribution in [3.8, 4) is 11.5 Å². The number of benzene rings is 4. The van der Waals surface area contributed by atoms with Crippen LogP contribution in [-0.2, 0) is 25.5 Å². The Morgan fingerprint density at radius 3 is 2.02 bits per heavy atom. The molecule has 4 aliphatic rings. The summed E-state index contributed by atoms with van der Waals surface area (Å²) in [7, 11) is 0. The third-order valence-corrected chi connectivity index (χ3v) is 8.98. The third kappa shape index (κ3) is 5.10. The summed E-state index contributed by atoms with van der Waals surface area (Å²) in [4.78, 5) is 23.6. The van der Waals surface area contributed by atoms with Gasteiger partial charge in [0.1, 0.15) is 28.5 Å². The highest BCUT2D eigenvalue weighted by Gasteiger charge is 2.40. The standard InChI is InChI=1S/C20H16O3.C20H16O2/c1-20(13-5-3-2-4-6-13)12-11-15-14-7-9-17(21)19(22)16(14)8-10-18(15)23-20;1-20(15-5-3-2-4-6-15)12-11-18-17-9-8-16(21)13-14(17)7-10-19(18)22-20/h2-12,14,16H,1H3;2-13,21H,1H3. The number of carbonyl (C=O) groups is 2. The van der Waals surface area contributed by atoms with Crippen LogP contribution in [0.1, 0.15) is 30.5 Å². The Kier molecular flexibility index (Phi) is 6.89. The van der Waals surface area contributed by atoms with E-state index in [2.05, 4.69) is 31.2 Å². The zero-order valence-electron chi connectivity index (χ0n) is 25.0. The second kappa shape index (κ2) is 10.9. The second-order valence-electron chi connectivity index (χ2n) is 12.0. The highest BCUT2D eigenvalue weighted by Crippen LogP contribution is 2.43. The van der Waals surface area contributed by atoms with Crippen molar-refractivity contribution in [2.24, 2.45) is 11.8 Å². The number of aromatic hydroxyl groups is 1. The molecule has 0 saturated heterocycles. The van der Waals surface area contributed by atoms with Crippen molar-refractivity contribution in [1.82, 2.24) is 0 Å². The van der Waals surface area contributed by atoms with Crippen molar-refractivity contribution in [2.75, 3.05) is 0 Å². The molecule has 2 aliphatic heterocycles. The summed E-state index contributed by atoms with van der Waals surface area (Å²) in [5.74, 6) is 0.637. The molecule has 0 spiro atoms. The molecule has 0 fully saturated rings. The minimum Gasteiger partial charge on any atom is -0.508 e. The number of ether oxygens (including phenoxy) is 2. The molecular weight excluding hydrogens is 560 g/mol. The summed E-state index contributed by atoms with van der Waals surface area (Å²) in [6.07, 6.45) is 15.1. The Labute approximate surface area is 262 Å². The number of Topliss-reactive ketones (excluding diaryl/α,β-unsaturated/α-hetero) is 1. The molecule has 5 nitrogen and oxygen atoms in total. The average Bonchev–Trinajstić information content (AvgIpc) is 3.07. The van der Waals surface area contributed by atoms with Crippen LogP contribution < -0.4 is 4.74 Å². The lowest BCUT2D eigenvalue weighted by Gasteiger charge is -2.37. The van der Waals surface area contributed by atoms with E-state index >= 15 is 0 Å². The summed E-state index contributed by atoms with van der Waals surface area (Å²) in [6, 6.07) is 29.6. The molecule has 8 rings (SSSR count). The highest BCUT2D eigenvalue weighted by atomic mass is 16.5. The molecule has 4 aromatic rings. The normalized spacial score (nSPS) is 25.8. The predicted molar refractivity (Wildman–Crippen MR) is 175 cm³/mol. The monoisotopic (exact) mass is 592 g/mol. The number of fused-ring (bicyclic) bond motifs is 5. The van der Waals surface area contributed by atoms with Gasteiger partial charge in [-0.2, -0.15) is 0 Å². The van der Waals surface area contributed by atoms with Gasteiger partial charge in [-0.05, 0) is 84.3 Å². The molecule has 2 heterocycles. The van der Waals surface area contributed by atoms with Gasteiger partial charge in [0.25, 0.3) is 0 Å². The molecule has 0 bridgehead atoms. The number of phenols is 1. The van der Waals surface area contributed by atoms with E-state index in [0.29, 0.717) is 0 Å². The Hall–Kier alpha value is -5.42. The predicted octanol–water partition coefficient (Wildman–Crippen LogP) is 8.12. The van der Waals surface area contributed by atoms with Gasteiger partial charge in [-0.15, -0.1) is 0 Å². The van der Waals surface area contributed by atoms with Crippen LogP contribution in [0.15, 0.2) is 145 Å². The number of ketones is 2. The molecule has 4 atom stereocenters. The van der Waals surface area contributed by atoms with Crippen molar-refractivity contribution >= 4 is 28.4 Å². The fraction of sp³-hybridized carbons (Fsp3) is 0.150. The van der Waals surface area contributed by atoms with E-state index in [1.165, 1.54) is 6.08 Å². The van der Waals surface area contributed by atoms with Gasteiger partial charge in [-0.25, -0.2) is 0 Å². The average molecular weight is 593 g/mol. The van der Waals surface area contributed by atoms with Crippen LogP contribution in [0, 0.1) is 11.8 Å². The molecular formula is C40H32O5. The van der Waals surface area contributed by atoms with E-state index in [1.807, 2.05) is 98.0 Å². The minimum absolute atomic E-state index is 0.114. The van der Waals surface area contributed by atoms with E-state index in [-0.39, 0.29) is 17.5 Å². The molecule has 45 heavy (non-hydrogen) atoms. The van der Waals surface area contributed by atoms with Gasteiger partial charge < -0.3 is 14.6 Å². The Bertz CT molecular complexity index is 1980. The summed E-state index contributed by atoms with van der Waals surface area (Å²) < 4.78 is 12.5. The number of carbonyl (C=O) groups excluding carboxylic acids is 2. The van der Waals surface area contributed by atoms with Crippen LogP contribution >= 0.6 is 0 Å². The number of rotatable bonds is 2. The smallest absolute Gasteiger partial charge is 0.221 e. The fourth-order valence-corrected chi connectivity index (χ4v) is 6.41. The lowest BCUT2D eigenvalue weighted by atomic mass is 9.73. The molecule has 1 N–H and O–H groups in total. The summed E-state index contributed by atoms with van der Waals surface area (Å²) >= 11 is 0. The van der Waals surface area contributed by atoms with Crippen molar-refractivity contribution in [3.63, 3.8) is 0 Å². The lowest BCUT2D eigenvalue weighted by molar-refractivity contribution is -0.136. The summed E-state index contributed by atoms with van der Waals surface area (Å²) in [5, 5.41) is 11.7. The van der Waals surface area contributed by atoms with Crippen LogP contribution in [-0.4, -0.2) is 16.7 Å². The molecule has 2 aliphatic carbocycles. The second-order valence-corrected chi connectivity index (χ2v) is 12.0. The van der Waals surface area contributed by atoms with E-state index in [4.69, 9.17) is 9.47 Å². The summed E-state index contributed by atoms with van der Waals surface area (Å²) in [6.45, 7) is 4.09. The van der Waals surface area contributed by atoms with Crippen LogP contribution in [0.3, 0.4) is 0 Å². The molecule has 4 unspecified atom stereocenters. The third-order valence-electron chi connectivity index (χ3n) is 8.98. The molecule has 5 heteroatoms. The van der Waals surface area contributed by atoms with Crippen LogP contribution in [0.25, 0.3) is 16.8 Å². The number of hydrogen-bond donors (Lipinski definition) is 1. The van der Waals surface area contributed by atoms with Crippen molar-refractivity contribution in [1.29, 1.82) is 0 Å². The zero-order valence-corrected chi connectivity index (χ0v) is 25.0. The Morgan fingerprint density at radius 1 is 0.667 bits per heavy atom. The van der Waals surface area contributed by atoms with Crippen molar-refractivity contribution in [2.45, 2.75) is 25.0 Å². The maximum atomic E-state index is 12.0. The van der Waals surface area contributed by atoms with Crippen molar-refractivity contribution < 1.29 is 24.2 Å². The fourth-order valence-electron chi connectivity index (χ4n) is 6.41. The van der Waals surface area contributed by atoms with Gasteiger partial charge >= 0.3 is 0 Å². The van der Waals surface area contributed by atoms with Gasteiger partial charge in [-0.3, -0.25) is 9.59 Å². The van der Waals surface area contributed by atoms with Gasteiger partial charge in [0.2, 0.25) is 11.6 Å². The molecule has 4 aromatic carbocycles. The Balaban J connectivity index is 0.000000145. The van der Waals surface area contributed by atoms with Crippen LogP contribution in [0.4, 0.5) is 0 Å². The largest absolute Gasteiger partial charge is 0.508 e. The van der Waals surface area contributed by atoms with Gasteiger partial charge in [-0.1, -0.05) is 91.0 Å². The first-order chi connectivity index (χ1) is 21.7. The SMILES string of the molecule is CC1(c2ccccc2)C=CC2=C(C=CC3C(=O)C(=O)C=CC23)O1.CC1(c2ccccc2)C=Cc2c(ccc3cc(O)ccc23)O1. The van der Waals surface area contributed by atoms with Crippen LogP contribution in [0.5, 0.6) is 11.5 Å². The lowest BCUT2D eigenvalue weighted by Crippen LogP contribution is -2.35. The van der Waals surface area contributed by atoms with Crippen LogP contribution in [0.2, 0.25) is 0 Å². The number of hydrogen-bond acceptors (Lipinski definition) is 5.